The topological polar surface area (TPSA) is 29.5 Å². The fraction of sp³-hybridized carbons (Fsp3) is 0.880. The van der Waals surface area contributed by atoms with Gasteiger partial charge in [-0.05, 0) is 86.1 Å². The number of Topliss-reactive ketones (excluding diaryl/α,β-unsaturated/α-hetero) is 1. The van der Waals surface area contributed by atoms with Gasteiger partial charge in [0.15, 0.2) is 5.78 Å². The van der Waals surface area contributed by atoms with Crippen LogP contribution in [0.4, 0.5) is 0 Å². The number of hydrogen-bond acceptors (Lipinski definition) is 3. The van der Waals surface area contributed by atoms with Crippen LogP contribution >= 0.6 is 0 Å². The van der Waals surface area contributed by atoms with Gasteiger partial charge < -0.3 is 9.64 Å². The summed E-state index contributed by atoms with van der Waals surface area (Å²) >= 11 is 0. The van der Waals surface area contributed by atoms with E-state index in [1.54, 1.807) is 0 Å². The average Bonchev–Trinajstić information content (AvgIpc) is 3.08. The van der Waals surface area contributed by atoms with Crippen molar-refractivity contribution < 1.29 is 9.53 Å². The summed E-state index contributed by atoms with van der Waals surface area (Å²) in [5.41, 5.74) is 0.731. The van der Waals surface area contributed by atoms with Crippen molar-refractivity contribution in [2.24, 2.45) is 34.5 Å². The summed E-state index contributed by atoms with van der Waals surface area (Å²) in [5.74, 6) is 3.43. The van der Waals surface area contributed by atoms with E-state index < -0.39 is 0 Å². The van der Waals surface area contributed by atoms with Crippen molar-refractivity contribution in [3.8, 4) is 0 Å². The molecule has 0 radical (unpaired) electrons. The molecular formula is C25H41NO2. The van der Waals surface area contributed by atoms with Crippen molar-refractivity contribution in [3.63, 3.8) is 0 Å². The molecule has 0 unspecified atom stereocenters. The average molecular weight is 388 g/mol. The molecule has 0 heterocycles. The van der Waals surface area contributed by atoms with Crippen LogP contribution in [0, 0.1) is 34.5 Å². The van der Waals surface area contributed by atoms with Crippen molar-refractivity contribution in [2.45, 2.75) is 78.7 Å². The number of fused-ring (bicyclic) bond motifs is 5. The third-order valence-corrected chi connectivity index (χ3v) is 9.44. The number of hydrogen-bond donors (Lipinski definition) is 0. The van der Waals surface area contributed by atoms with E-state index in [1.807, 2.05) is 0 Å². The number of likely N-dealkylation sites (N-methyl/N-ethyl adjacent to an activating group) is 1. The SMILES string of the molecule is CCN(CC)CCO[C@H]1C[C@@]2(C)[C@@H](CC[C@@H]3[C@@H]2CC[C@]2(C)C=CC[C@@H]32)CC1=O. The molecule has 0 N–H and O–H groups in total. The Morgan fingerprint density at radius 3 is 2.68 bits per heavy atom. The first-order chi connectivity index (χ1) is 13.4. The van der Waals surface area contributed by atoms with E-state index >= 15 is 0 Å². The highest BCUT2D eigenvalue weighted by Gasteiger charge is 2.58. The predicted octanol–water partition coefficient (Wildman–Crippen LogP) is 5.10. The lowest BCUT2D eigenvalue weighted by molar-refractivity contribution is -0.159. The largest absolute Gasteiger partial charge is 0.369 e. The second-order valence-electron chi connectivity index (χ2n) is 10.6. The van der Waals surface area contributed by atoms with Crippen molar-refractivity contribution in [2.75, 3.05) is 26.2 Å². The maximum Gasteiger partial charge on any atom is 0.161 e. The lowest BCUT2D eigenvalue weighted by atomic mass is 9.45. The summed E-state index contributed by atoms with van der Waals surface area (Å²) in [6, 6.07) is 0. The Hall–Kier alpha value is -0.670. The van der Waals surface area contributed by atoms with E-state index in [0.717, 1.165) is 50.2 Å². The molecule has 0 saturated heterocycles. The zero-order valence-corrected chi connectivity index (χ0v) is 18.6. The van der Waals surface area contributed by atoms with Gasteiger partial charge in [-0.1, -0.05) is 39.8 Å². The Bertz CT molecular complexity index is 612. The number of ether oxygens (including phenoxy) is 1. The van der Waals surface area contributed by atoms with Gasteiger partial charge in [0.2, 0.25) is 0 Å². The molecule has 4 aliphatic rings. The van der Waals surface area contributed by atoms with Gasteiger partial charge in [-0.25, -0.2) is 0 Å². The minimum atomic E-state index is -0.162. The zero-order chi connectivity index (χ0) is 19.9. The Labute approximate surface area is 172 Å². The molecule has 3 fully saturated rings. The Morgan fingerprint density at radius 1 is 1.14 bits per heavy atom. The fourth-order valence-corrected chi connectivity index (χ4v) is 7.57. The lowest BCUT2D eigenvalue weighted by Gasteiger charge is -2.60. The lowest BCUT2D eigenvalue weighted by Crippen LogP contribution is -2.55. The van der Waals surface area contributed by atoms with Crippen molar-refractivity contribution in [1.29, 1.82) is 0 Å². The molecule has 4 rings (SSSR count). The van der Waals surface area contributed by atoms with Crippen LogP contribution in [0.15, 0.2) is 12.2 Å². The second kappa shape index (κ2) is 7.87. The van der Waals surface area contributed by atoms with Gasteiger partial charge in [-0.15, -0.1) is 0 Å². The molecule has 0 aromatic carbocycles. The third-order valence-electron chi connectivity index (χ3n) is 9.44. The van der Waals surface area contributed by atoms with E-state index in [4.69, 9.17) is 4.74 Å². The Balaban J connectivity index is 1.45. The third kappa shape index (κ3) is 3.41. The van der Waals surface area contributed by atoms with E-state index in [1.165, 1.54) is 32.1 Å². The molecule has 0 amide bonds. The van der Waals surface area contributed by atoms with Crippen LogP contribution in [0.3, 0.4) is 0 Å². The number of allylic oxidation sites excluding steroid dienone is 2. The molecule has 28 heavy (non-hydrogen) atoms. The second-order valence-corrected chi connectivity index (χ2v) is 10.6. The first-order valence-electron chi connectivity index (χ1n) is 12.0. The summed E-state index contributed by atoms with van der Waals surface area (Å²) in [6.45, 7) is 13.1. The van der Waals surface area contributed by atoms with Gasteiger partial charge >= 0.3 is 0 Å². The highest BCUT2D eigenvalue weighted by Crippen LogP contribution is 2.64. The van der Waals surface area contributed by atoms with Crippen LogP contribution in [0.5, 0.6) is 0 Å². The Kier molecular flexibility index (Phi) is 5.79. The maximum absolute atomic E-state index is 12.9. The van der Waals surface area contributed by atoms with Crippen molar-refractivity contribution in [1.82, 2.24) is 4.90 Å². The number of nitrogens with zero attached hydrogens (tertiary/aromatic N) is 1. The molecule has 3 saturated carbocycles. The zero-order valence-electron chi connectivity index (χ0n) is 18.6. The van der Waals surface area contributed by atoms with E-state index in [0.29, 0.717) is 29.1 Å². The first-order valence-corrected chi connectivity index (χ1v) is 12.0. The van der Waals surface area contributed by atoms with Crippen LogP contribution in [0.25, 0.3) is 0 Å². The highest BCUT2D eigenvalue weighted by atomic mass is 16.5. The van der Waals surface area contributed by atoms with E-state index in [-0.39, 0.29) is 6.10 Å². The standard InChI is InChI=1S/C25H41NO2/c1-5-26(6-2)14-15-28-23-17-25(4)18(16-22(23)27)9-10-19-20-8-7-12-24(20,3)13-11-21(19)25/h7,12,18-21,23H,5-6,8-11,13-17H2,1-4H3/t18-,19-,20-,21-,23-,24-,25-/m0/s1. The number of ketones is 1. The molecule has 3 nitrogen and oxygen atoms in total. The summed E-state index contributed by atoms with van der Waals surface area (Å²) in [6.07, 6.45) is 13.1. The van der Waals surface area contributed by atoms with Gasteiger partial charge in [0.1, 0.15) is 6.10 Å². The fourth-order valence-electron chi connectivity index (χ4n) is 7.57. The molecule has 0 aliphatic heterocycles. The minimum absolute atomic E-state index is 0.162. The summed E-state index contributed by atoms with van der Waals surface area (Å²) in [5, 5.41) is 0. The molecule has 158 valence electrons. The van der Waals surface area contributed by atoms with Gasteiger partial charge in [0.25, 0.3) is 0 Å². The normalized spacial score (nSPS) is 45.0. The quantitative estimate of drug-likeness (QED) is 0.594. The highest BCUT2D eigenvalue weighted by molar-refractivity contribution is 5.84. The van der Waals surface area contributed by atoms with Gasteiger partial charge in [0, 0.05) is 13.0 Å². The smallest absolute Gasteiger partial charge is 0.161 e. The van der Waals surface area contributed by atoms with Crippen molar-refractivity contribution >= 4 is 5.78 Å². The molecule has 0 aromatic heterocycles. The van der Waals surface area contributed by atoms with E-state index in [2.05, 4.69) is 44.7 Å². The molecule has 0 spiro atoms. The summed E-state index contributed by atoms with van der Waals surface area (Å²) in [7, 11) is 0. The number of carbonyl (C=O) groups is 1. The van der Waals surface area contributed by atoms with Crippen LogP contribution in [0.1, 0.15) is 72.6 Å². The number of carbonyl (C=O) groups excluding carboxylic acids is 1. The molecule has 4 aliphatic carbocycles. The molecular weight excluding hydrogens is 346 g/mol. The van der Waals surface area contributed by atoms with Crippen LogP contribution in [0.2, 0.25) is 0 Å². The predicted molar refractivity (Wildman–Crippen MR) is 114 cm³/mol. The first kappa shape index (κ1) is 20.6. The van der Waals surface area contributed by atoms with Gasteiger partial charge in [-0.2, -0.15) is 0 Å². The van der Waals surface area contributed by atoms with Gasteiger partial charge in [0.05, 0.1) is 6.61 Å². The van der Waals surface area contributed by atoms with Crippen LogP contribution in [-0.4, -0.2) is 43.0 Å². The summed E-state index contributed by atoms with van der Waals surface area (Å²) < 4.78 is 6.23. The monoisotopic (exact) mass is 387 g/mol. The molecule has 0 aromatic rings. The molecule has 0 bridgehead atoms. The van der Waals surface area contributed by atoms with E-state index in [9.17, 15) is 4.79 Å². The summed E-state index contributed by atoms with van der Waals surface area (Å²) in [4.78, 5) is 15.2. The molecule has 7 atom stereocenters. The van der Waals surface area contributed by atoms with Crippen LogP contribution < -0.4 is 0 Å². The van der Waals surface area contributed by atoms with Crippen molar-refractivity contribution in [3.05, 3.63) is 12.2 Å². The Morgan fingerprint density at radius 2 is 1.93 bits per heavy atom. The van der Waals surface area contributed by atoms with Gasteiger partial charge in [-0.3, -0.25) is 4.79 Å². The molecule has 3 heteroatoms. The maximum atomic E-state index is 12.9. The minimum Gasteiger partial charge on any atom is -0.369 e. The van der Waals surface area contributed by atoms with Crippen LogP contribution in [-0.2, 0) is 9.53 Å². The number of rotatable bonds is 6.